The summed E-state index contributed by atoms with van der Waals surface area (Å²) in [6.07, 6.45) is 4.51. The summed E-state index contributed by atoms with van der Waals surface area (Å²) < 4.78 is 0.935. The normalized spacial score (nSPS) is 10.7. The first-order valence-electron chi connectivity index (χ1n) is 5.38. The summed E-state index contributed by atoms with van der Waals surface area (Å²) in [6, 6.07) is 5.95. The molecule has 0 spiro atoms. The van der Waals surface area contributed by atoms with Crippen LogP contribution in [-0.4, -0.2) is 16.5 Å². The predicted molar refractivity (Wildman–Crippen MR) is 73.2 cm³/mol. The first-order valence-corrected chi connectivity index (χ1v) is 6.55. The molecule has 2 N–H and O–H groups in total. The smallest absolute Gasteiger partial charge is 0.107 e. The number of hydrogen-bond acceptors (Lipinski definition) is 2. The van der Waals surface area contributed by atoms with Crippen molar-refractivity contribution in [2.24, 2.45) is 0 Å². The van der Waals surface area contributed by atoms with Crippen LogP contribution in [0.4, 0.5) is 0 Å². The topological polar surface area (TPSA) is 40.7 Å². The minimum absolute atomic E-state index is 0.740. The van der Waals surface area contributed by atoms with Gasteiger partial charge in [0.2, 0.25) is 0 Å². The summed E-state index contributed by atoms with van der Waals surface area (Å²) in [4.78, 5) is 7.24. The highest BCUT2D eigenvalue weighted by Gasteiger charge is 1.99. The number of nitrogens with zero attached hydrogens (tertiary/aromatic N) is 1. The monoisotopic (exact) mass is 313 g/mol. The molecule has 90 valence electrons. The fraction of sp³-hybridized carbons (Fsp3) is 0.250. The molecule has 17 heavy (non-hydrogen) atoms. The van der Waals surface area contributed by atoms with Gasteiger partial charge in [-0.25, -0.2) is 4.98 Å². The Morgan fingerprint density at radius 2 is 2.29 bits per heavy atom. The van der Waals surface area contributed by atoms with E-state index in [1.54, 1.807) is 6.20 Å². The Balaban J connectivity index is 1.76. The van der Waals surface area contributed by atoms with E-state index in [1.807, 2.05) is 24.4 Å². The molecule has 0 aliphatic carbocycles. The Labute approximate surface area is 114 Å². The van der Waals surface area contributed by atoms with Gasteiger partial charge in [0.05, 0.1) is 5.02 Å². The maximum absolute atomic E-state index is 5.93. The Morgan fingerprint density at radius 3 is 3.00 bits per heavy atom. The molecule has 0 bridgehead atoms. The summed E-state index contributed by atoms with van der Waals surface area (Å²) in [5.74, 6) is 1.01. The second-order valence-electron chi connectivity index (χ2n) is 3.71. The average Bonchev–Trinajstić information content (AvgIpc) is 2.82. The van der Waals surface area contributed by atoms with E-state index in [9.17, 15) is 0 Å². The van der Waals surface area contributed by atoms with Gasteiger partial charge in [0.15, 0.2) is 0 Å². The van der Waals surface area contributed by atoms with Crippen molar-refractivity contribution in [1.82, 2.24) is 15.3 Å². The van der Waals surface area contributed by atoms with Crippen LogP contribution in [0.15, 0.2) is 35.1 Å². The number of halogens is 2. The molecule has 1 heterocycles. The number of aromatic amines is 1. The molecular weight excluding hydrogens is 302 g/mol. The van der Waals surface area contributed by atoms with E-state index in [0.717, 1.165) is 34.8 Å². The molecule has 0 amide bonds. The van der Waals surface area contributed by atoms with Crippen molar-refractivity contribution < 1.29 is 0 Å². The Hall–Kier alpha value is -0.840. The minimum Gasteiger partial charge on any atom is -0.349 e. The van der Waals surface area contributed by atoms with Crippen LogP contribution in [0.3, 0.4) is 0 Å². The van der Waals surface area contributed by atoms with E-state index >= 15 is 0 Å². The second-order valence-corrected chi connectivity index (χ2v) is 4.97. The van der Waals surface area contributed by atoms with Crippen molar-refractivity contribution in [2.45, 2.75) is 13.0 Å². The van der Waals surface area contributed by atoms with Gasteiger partial charge in [0, 0.05) is 36.4 Å². The summed E-state index contributed by atoms with van der Waals surface area (Å²) in [6.45, 7) is 1.73. The molecule has 5 heteroatoms. The summed E-state index contributed by atoms with van der Waals surface area (Å²) >= 11 is 9.34. The number of imidazole rings is 1. The zero-order valence-corrected chi connectivity index (χ0v) is 11.6. The van der Waals surface area contributed by atoms with Gasteiger partial charge in [-0.05, 0) is 33.6 Å². The first-order chi connectivity index (χ1) is 8.25. The summed E-state index contributed by atoms with van der Waals surface area (Å²) in [5.41, 5.74) is 1.21. The molecule has 1 aromatic carbocycles. The lowest BCUT2D eigenvalue weighted by molar-refractivity contribution is 0.674. The molecule has 0 unspecified atom stereocenters. The predicted octanol–water partition coefficient (Wildman–Crippen LogP) is 3.16. The number of rotatable bonds is 5. The molecule has 0 aliphatic rings. The molecule has 2 aromatic rings. The van der Waals surface area contributed by atoms with Crippen molar-refractivity contribution in [1.29, 1.82) is 0 Å². The third-order valence-corrected chi connectivity index (χ3v) is 3.62. The Kier molecular flexibility index (Phi) is 4.59. The summed E-state index contributed by atoms with van der Waals surface area (Å²) in [5, 5.41) is 4.10. The zero-order chi connectivity index (χ0) is 12.1. The van der Waals surface area contributed by atoms with Crippen LogP contribution in [0.1, 0.15) is 11.4 Å². The van der Waals surface area contributed by atoms with Crippen LogP contribution in [0.5, 0.6) is 0 Å². The zero-order valence-electron chi connectivity index (χ0n) is 9.21. The van der Waals surface area contributed by atoms with Crippen molar-refractivity contribution in [3.63, 3.8) is 0 Å². The van der Waals surface area contributed by atoms with Gasteiger partial charge >= 0.3 is 0 Å². The molecule has 0 atom stereocenters. The van der Waals surface area contributed by atoms with Crippen LogP contribution in [0.2, 0.25) is 5.02 Å². The standard InChI is InChI=1S/C12H13BrClN3/c13-10-7-9(1-2-11(10)14)8-15-4-3-12-16-5-6-17-12/h1-2,5-7,15H,3-4,8H2,(H,16,17). The lowest BCUT2D eigenvalue weighted by atomic mass is 10.2. The van der Waals surface area contributed by atoms with Crippen LogP contribution in [0, 0.1) is 0 Å². The first kappa shape index (κ1) is 12.6. The maximum Gasteiger partial charge on any atom is 0.107 e. The van der Waals surface area contributed by atoms with Crippen LogP contribution < -0.4 is 5.32 Å². The molecule has 0 saturated carbocycles. The molecule has 3 nitrogen and oxygen atoms in total. The van der Waals surface area contributed by atoms with Gasteiger partial charge in [-0.1, -0.05) is 17.7 Å². The fourth-order valence-electron chi connectivity index (χ4n) is 1.52. The van der Waals surface area contributed by atoms with Gasteiger partial charge in [-0.3, -0.25) is 0 Å². The number of hydrogen-bond donors (Lipinski definition) is 2. The molecule has 1 aromatic heterocycles. The molecule has 0 fully saturated rings. The van der Waals surface area contributed by atoms with Crippen molar-refractivity contribution in [2.75, 3.05) is 6.54 Å². The second kappa shape index (κ2) is 6.19. The average molecular weight is 315 g/mol. The third kappa shape index (κ3) is 3.84. The molecule has 0 saturated heterocycles. The van der Waals surface area contributed by atoms with E-state index in [-0.39, 0.29) is 0 Å². The lowest BCUT2D eigenvalue weighted by Gasteiger charge is -2.05. The van der Waals surface area contributed by atoms with Gasteiger partial charge in [0.25, 0.3) is 0 Å². The maximum atomic E-state index is 5.93. The van der Waals surface area contributed by atoms with Crippen LogP contribution >= 0.6 is 27.5 Å². The minimum atomic E-state index is 0.740. The van der Waals surface area contributed by atoms with Gasteiger partial charge in [0.1, 0.15) is 5.82 Å². The van der Waals surface area contributed by atoms with E-state index in [4.69, 9.17) is 11.6 Å². The Bertz CT molecular complexity index is 471. The van der Waals surface area contributed by atoms with E-state index < -0.39 is 0 Å². The van der Waals surface area contributed by atoms with Gasteiger partial charge < -0.3 is 10.3 Å². The van der Waals surface area contributed by atoms with Crippen molar-refractivity contribution in [3.05, 3.63) is 51.5 Å². The number of H-pyrrole nitrogens is 1. The highest BCUT2D eigenvalue weighted by Crippen LogP contribution is 2.22. The number of nitrogens with one attached hydrogen (secondary N) is 2. The quantitative estimate of drug-likeness (QED) is 0.832. The summed E-state index contributed by atoms with van der Waals surface area (Å²) in [7, 11) is 0. The largest absolute Gasteiger partial charge is 0.349 e. The van der Waals surface area contributed by atoms with Crippen molar-refractivity contribution >= 4 is 27.5 Å². The molecule has 0 aliphatic heterocycles. The Morgan fingerprint density at radius 1 is 1.41 bits per heavy atom. The lowest BCUT2D eigenvalue weighted by Crippen LogP contribution is -2.17. The van der Waals surface area contributed by atoms with Crippen molar-refractivity contribution in [3.8, 4) is 0 Å². The fourth-order valence-corrected chi connectivity index (χ4v) is 2.07. The van der Waals surface area contributed by atoms with Crippen LogP contribution in [-0.2, 0) is 13.0 Å². The SMILES string of the molecule is Clc1ccc(CNCCc2ncc[nH]2)cc1Br. The van der Waals surface area contributed by atoms with Gasteiger partial charge in [-0.15, -0.1) is 0 Å². The van der Waals surface area contributed by atoms with E-state index in [2.05, 4.69) is 31.2 Å². The molecular formula is C12H13BrClN3. The third-order valence-electron chi connectivity index (χ3n) is 2.41. The van der Waals surface area contributed by atoms with Crippen LogP contribution in [0.25, 0.3) is 0 Å². The van der Waals surface area contributed by atoms with Gasteiger partial charge in [-0.2, -0.15) is 0 Å². The molecule has 0 radical (unpaired) electrons. The molecule has 2 rings (SSSR count). The number of benzene rings is 1. The van der Waals surface area contributed by atoms with E-state index in [1.165, 1.54) is 5.56 Å². The highest BCUT2D eigenvalue weighted by atomic mass is 79.9. The van der Waals surface area contributed by atoms with E-state index in [0.29, 0.717) is 0 Å². The number of aromatic nitrogens is 2. The highest BCUT2D eigenvalue weighted by molar-refractivity contribution is 9.10.